The van der Waals surface area contributed by atoms with Crippen LogP contribution in [0, 0.1) is 0 Å². The molecule has 0 saturated carbocycles. The van der Waals surface area contributed by atoms with Gasteiger partial charge in [-0.2, -0.15) is 0 Å². The molecule has 13 aromatic carbocycles. The Kier molecular flexibility index (Phi) is 10.3. The van der Waals surface area contributed by atoms with Gasteiger partial charge in [0.1, 0.15) is 22.7 Å². The minimum atomic E-state index is -0.107. The number of fused-ring (bicyclic) bond motifs is 9. The van der Waals surface area contributed by atoms with Crippen molar-refractivity contribution in [2.45, 2.75) is 0 Å². The Bertz CT molecular complexity index is 4490. The lowest BCUT2D eigenvalue weighted by Gasteiger charge is -2.26. The van der Waals surface area contributed by atoms with E-state index in [1.807, 2.05) is 6.07 Å². The number of furan rings is 1. The van der Waals surface area contributed by atoms with Crippen molar-refractivity contribution >= 4 is 94.4 Å². The Morgan fingerprint density at radius 1 is 0.289 bits per heavy atom. The molecule has 0 N–H and O–H groups in total. The van der Waals surface area contributed by atoms with E-state index in [1.165, 1.54) is 60.1 Å². The molecule has 15 rings (SSSR count). The lowest BCUT2D eigenvalue weighted by Crippen LogP contribution is -2.52. The number of anilines is 3. The molecule has 354 valence electrons. The quantitative estimate of drug-likeness (QED) is 0.106. The second kappa shape index (κ2) is 17.9. The van der Waals surface area contributed by atoms with Crippen LogP contribution in [0.3, 0.4) is 0 Å². The molecule has 2 heterocycles. The third-order valence-electron chi connectivity index (χ3n) is 15.6. The fraction of sp³-hybridized carbons (Fsp3) is 0. The van der Waals surface area contributed by atoms with Gasteiger partial charge in [0.05, 0.1) is 0 Å². The molecular weight excluding hydrogens is 922 g/mol. The summed E-state index contributed by atoms with van der Waals surface area (Å²) in [4.78, 5) is 2.29. The Hall–Kier alpha value is -9.90. The highest BCUT2D eigenvalue weighted by atomic mass is 16.5. The number of nitrogens with zero attached hydrogens (tertiary/aromatic N) is 1. The fourth-order valence-electron chi connectivity index (χ4n) is 12.1. The van der Waals surface area contributed by atoms with Crippen molar-refractivity contribution in [2.75, 3.05) is 4.90 Å². The standard InChI is InChI=1S/C72H46BNO2/c1-4-18-48(19-5-1)55-24-12-14-30-66(55)73(67-31-16-29-61-58-27-13-15-32-68(58)76-72(61)67)51-39-34-49(35-40-51)62-45-64-60-28-17-33-69-71(60)65(46-63(64)57-26-11-10-25-56(57)62)59-43-38-50(44-70(59)75-69)47-36-41-54(42-37-47)74(52-20-6-2-7-21-52)53-22-8-3-9-23-53/h1-46H. The first kappa shape index (κ1) is 43.7. The summed E-state index contributed by atoms with van der Waals surface area (Å²) in [5.41, 5.74) is 18.0. The molecule has 0 amide bonds. The van der Waals surface area contributed by atoms with Crippen LogP contribution in [0.4, 0.5) is 17.1 Å². The van der Waals surface area contributed by atoms with Gasteiger partial charge in [0, 0.05) is 38.8 Å². The third-order valence-corrected chi connectivity index (χ3v) is 15.6. The monoisotopic (exact) mass is 967 g/mol. The summed E-state index contributed by atoms with van der Waals surface area (Å²) in [6.07, 6.45) is 0. The zero-order chi connectivity index (χ0) is 50.1. The van der Waals surface area contributed by atoms with Crippen molar-refractivity contribution in [2.24, 2.45) is 0 Å². The highest BCUT2D eigenvalue weighted by Gasteiger charge is 2.29. The largest absolute Gasteiger partial charge is 0.457 e. The van der Waals surface area contributed by atoms with Gasteiger partial charge in [-0.1, -0.05) is 217 Å². The summed E-state index contributed by atoms with van der Waals surface area (Å²) < 4.78 is 13.7. The van der Waals surface area contributed by atoms with E-state index in [0.29, 0.717) is 0 Å². The van der Waals surface area contributed by atoms with Crippen molar-refractivity contribution in [3.8, 4) is 56.0 Å². The zero-order valence-electron chi connectivity index (χ0n) is 41.4. The van der Waals surface area contributed by atoms with Gasteiger partial charge < -0.3 is 14.1 Å². The van der Waals surface area contributed by atoms with Crippen LogP contribution in [0.5, 0.6) is 11.5 Å². The van der Waals surface area contributed by atoms with Crippen molar-refractivity contribution in [1.82, 2.24) is 0 Å². The minimum Gasteiger partial charge on any atom is -0.457 e. The Labute approximate surface area is 441 Å². The summed E-state index contributed by atoms with van der Waals surface area (Å²) in [7, 11) is 0. The summed E-state index contributed by atoms with van der Waals surface area (Å²) >= 11 is 0. The molecule has 0 radical (unpaired) electrons. The van der Waals surface area contributed by atoms with Crippen LogP contribution >= 0.6 is 0 Å². The first-order valence-corrected chi connectivity index (χ1v) is 26.1. The number of hydrogen-bond donors (Lipinski definition) is 0. The molecule has 0 aliphatic carbocycles. The molecule has 0 saturated heterocycles. The van der Waals surface area contributed by atoms with Crippen molar-refractivity contribution < 1.29 is 9.15 Å². The van der Waals surface area contributed by atoms with E-state index in [1.54, 1.807) is 0 Å². The molecule has 0 spiro atoms. The van der Waals surface area contributed by atoms with E-state index < -0.39 is 0 Å². The Morgan fingerprint density at radius 3 is 1.62 bits per heavy atom. The molecule has 1 aliphatic heterocycles. The van der Waals surface area contributed by atoms with Crippen LogP contribution in [0.15, 0.2) is 283 Å². The lowest BCUT2D eigenvalue weighted by molar-refractivity contribution is 0.487. The average Bonchev–Trinajstić information content (AvgIpc) is 3.96. The van der Waals surface area contributed by atoms with Crippen LogP contribution in [-0.2, 0) is 0 Å². The lowest BCUT2D eigenvalue weighted by atomic mass is 9.35. The summed E-state index contributed by atoms with van der Waals surface area (Å²) in [6, 6.07) is 101. The molecule has 0 unspecified atom stereocenters. The number of para-hydroxylation sites is 4. The topological polar surface area (TPSA) is 25.6 Å². The fourth-order valence-corrected chi connectivity index (χ4v) is 12.1. The SMILES string of the molecule is c1ccc(-c2ccccc2B(c2ccc(-c3cc4c5cccc6c5c(cc4c4ccccc34)-c3ccc(-c4ccc(N(c5ccccc5)c5ccccc5)cc4)cc3O6)cc2)c2cccc3c2oc2ccccc23)cc1. The van der Waals surface area contributed by atoms with Crippen LogP contribution in [0.25, 0.3) is 98.8 Å². The van der Waals surface area contributed by atoms with Gasteiger partial charge in [0.25, 0.3) is 0 Å². The minimum absolute atomic E-state index is 0.107. The van der Waals surface area contributed by atoms with Gasteiger partial charge in [-0.25, -0.2) is 0 Å². The number of benzene rings is 13. The van der Waals surface area contributed by atoms with Crippen LogP contribution in [0.2, 0.25) is 0 Å². The predicted octanol–water partition coefficient (Wildman–Crippen LogP) is 17.8. The summed E-state index contributed by atoms with van der Waals surface area (Å²) in [5, 5.41) is 9.43. The number of rotatable bonds is 9. The molecule has 4 heteroatoms. The van der Waals surface area contributed by atoms with E-state index in [2.05, 4.69) is 278 Å². The van der Waals surface area contributed by atoms with Gasteiger partial charge in [-0.15, -0.1) is 0 Å². The second-order valence-corrected chi connectivity index (χ2v) is 19.9. The van der Waals surface area contributed by atoms with Gasteiger partial charge in [0.15, 0.2) is 0 Å². The van der Waals surface area contributed by atoms with E-state index in [9.17, 15) is 0 Å². The molecular formula is C72H46BNO2. The van der Waals surface area contributed by atoms with Crippen LogP contribution in [0.1, 0.15) is 0 Å². The van der Waals surface area contributed by atoms with Gasteiger partial charge in [0.2, 0.25) is 6.71 Å². The van der Waals surface area contributed by atoms with E-state index in [-0.39, 0.29) is 6.71 Å². The maximum absolute atomic E-state index is 6.91. The molecule has 1 aliphatic rings. The smallest absolute Gasteiger partial charge is 0.246 e. The van der Waals surface area contributed by atoms with Gasteiger partial charge >= 0.3 is 0 Å². The van der Waals surface area contributed by atoms with Gasteiger partial charge in [-0.3, -0.25) is 0 Å². The highest BCUT2D eigenvalue weighted by Crippen LogP contribution is 2.51. The summed E-state index contributed by atoms with van der Waals surface area (Å²) in [5.74, 6) is 1.73. The van der Waals surface area contributed by atoms with E-state index in [0.717, 1.165) is 83.6 Å². The maximum Gasteiger partial charge on any atom is 0.246 e. The first-order chi connectivity index (χ1) is 37.7. The predicted molar refractivity (Wildman–Crippen MR) is 320 cm³/mol. The van der Waals surface area contributed by atoms with Crippen LogP contribution < -0.4 is 26.0 Å². The normalized spacial score (nSPS) is 11.8. The van der Waals surface area contributed by atoms with Crippen molar-refractivity contribution in [3.63, 3.8) is 0 Å². The number of ether oxygens (including phenoxy) is 1. The van der Waals surface area contributed by atoms with E-state index >= 15 is 0 Å². The molecule has 0 fully saturated rings. The van der Waals surface area contributed by atoms with Crippen LogP contribution in [-0.4, -0.2) is 6.71 Å². The molecule has 76 heavy (non-hydrogen) atoms. The summed E-state index contributed by atoms with van der Waals surface area (Å²) in [6.45, 7) is -0.107. The molecule has 1 aromatic heterocycles. The first-order valence-electron chi connectivity index (χ1n) is 26.1. The van der Waals surface area contributed by atoms with Gasteiger partial charge in [-0.05, 0) is 144 Å². The zero-order valence-corrected chi connectivity index (χ0v) is 41.4. The molecule has 0 atom stereocenters. The average molecular weight is 968 g/mol. The number of hydrogen-bond acceptors (Lipinski definition) is 3. The van der Waals surface area contributed by atoms with E-state index in [4.69, 9.17) is 9.15 Å². The van der Waals surface area contributed by atoms with Crippen molar-refractivity contribution in [1.29, 1.82) is 0 Å². The third kappa shape index (κ3) is 7.21. The Balaban J connectivity index is 0.827. The van der Waals surface area contributed by atoms with Crippen molar-refractivity contribution in [3.05, 3.63) is 279 Å². The molecule has 3 nitrogen and oxygen atoms in total. The Morgan fingerprint density at radius 2 is 0.842 bits per heavy atom. The highest BCUT2D eigenvalue weighted by molar-refractivity contribution is 6.97. The maximum atomic E-state index is 6.91. The second-order valence-electron chi connectivity index (χ2n) is 19.9. The molecule has 0 bridgehead atoms. The molecule has 14 aromatic rings.